The molecule has 0 aliphatic carbocycles. The zero-order valence-electron chi connectivity index (χ0n) is 11.4. The summed E-state index contributed by atoms with van der Waals surface area (Å²) in [6, 6.07) is 2.01. The molecule has 128 valence electrons. The van der Waals surface area contributed by atoms with Gasteiger partial charge in [-0.15, -0.1) is 29.9 Å². The van der Waals surface area contributed by atoms with Crippen LogP contribution in [0.4, 0.5) is 13.2 Å². The number of nitrogens with two attached hydrogens (primary N) is 1. The van der Waals surface area contributed by atoms with Gasteiger partial charge in [-0.3, -0.25) is 4.79 Å². The smallest absolute Gasteiger partial charge is 0.349 e. The molecule has 0 saturated heterocycles. The first-order valence-corrected chi connectivity index (χ1v) is 5.86. The van der Waals surface area contributed by atoms with Crippen molar-refractivity contribution in [3.63, 3.8) is 0 Å². The average Bonchev–Trinajstić information content (AvgIpc) is 2.94. The minimum Gasteiger partial charge on any atom is -0.349 e. The highest BCUT2D eigenvalue weighted by atomic mass is 35.5. The van der Waals surface area contributed by atoms with E-state index in [0.717, 1.165) is 16.8 Å². The number of alkyl halides is 3. The molecule has 0 aliphatic rings. The van der Waals surface area contributed by atoms with Crippen molar-refractivity contribution >= 4 is 30.7 Å². The van der Waals surface area contributed by atoms with Crippen LogP contribution in [-0.4, -0.2) is 39.0 Å². The minimum atomic E-state index is -4.46. The van der Waals surface area contributed by atoms with E-state index in [2.05, 4.69) is 20.6 Å². The lowest BCUT2D eigenvalue weighted by atomic mass is 10.3. The number of halogens is 5. The van der Waals surface area contributed by atoms with E-state index in [4.69, 9.17) is 5.73 Å². The number of rotatable bonds is 4. The largest absolute Gasteiger partial charge is 0.417 e. The van der Waals surface area contributed by atoms with Crippen LogP contribution < -0.4 is 11.1 Å². The van der Waals surface area contributed by atoms with Crippen molar-refractivity contribution in [2.75, 3.05) is 13.1 Å². The first-order valence-electron chi connectivity index (χ1n) is 5.86. The highest BCUT2D eigenvalue weighted by Gasteiger charge is 2.30. The highest BCUT2D eigenvalue weighted by molar-refractivity contribution is 5.91. The molecule has 0 aromatic carbocycles. The third kappa shape index (κ3) is 5.34. The lowest BCUT2D eigenvalue weighted by molar-refractivity contribution is -0.137. The van der Waals surface area contributed by atoms with Crippen molar-refractivity contribution in [3.05, 3.63) is 35.8 Å². The van der Waals surface area contributed by atoms with Gasteiger partial charge in [0.1, 0.15) is 0 Å². The van der Waals surface area contributed by atoms with Gasteiger partial charge in [0.2, 0.25) is 0 Å². The fraction of sp³-hybridized carbons (Fsp3) is 0.273. The summed E-state index contributed by atoms with van der Waals surface area (Å²) in [6.45, 7) is 0.560. The number of carbonyl (C=O) groups excluding carboxylic acids is 1. The SMILES string of the molecule is Cl.Cl.NCCNC(=O)c1cn(-c2ccc(C(F)(F)F)cn2)nn1. The Kier molecular flexibility index (Phi) is 7.93. The van der Waals surface area contributed by atoms with Crippen molar-refractivity contribution in [3.8, 4) is 5.82 Å². The zero-order chi connectivity index (χ0) is 15.5. The molecule has 7 nitrogen and oxygen atoms in total. The Morgan fingerprint density at radius 2 is 2.00 bits per heavy atom. The number of nitrogens with zero attached hydrogens (tertiary/aromatic N) is 4. The van der Waals surface area contributed by atoms with Crippen LogP contribution in [0.1, 0.15) is 16.1 Å². The predicted octanol–water partition coefficient (Wildman–Crippen LogP) is 1.21. The third-order valence-corrected chi connectivity index (χ3v) is 2.47. The third-order valence-electron chi connectivity index (χ3n) is 2.47. The topological polar surface area (TPSA) is 98.7 Å². The van der Waals surface area contributed by atoms with Crippen LogP contribution in [0.25, 0.3) is 5.82 Å². The van der Waals surface area contributed by atoms with Crippen LogP contribution in [-0.2, 0) is 6.18 Å². The van der Waals surface area contributed by atoms with Crippen LogP contribution in [0, 0.1) is 0 Å². The molecule has 2 rings (SSSR count). The van der Waals surface area contributed by atoms with E-state index in [0.29, 0.717) is 6.20 Å². The minimum absolute atomic E-state index is 0. The number of amides is 1. The Balaban J connectivity index is 0.00000242. The van der Waals surface area contributed by atoms with Gasteiger partial charge in [0.15, 0.2) is 11.5 Å². The molecule has 0 saturated carbocycles. The van der Waals surface area contributed by atoms with E-state index in [-0.39, 0.29) is 49.4 Å². The van der Waals surface area contributed by atoms with E-state index in [1.165, 1.54) is 6.20 Å². The zero-order valence-corrected chi connectivity index (χ0v) is 13.1. The van der Waals surface area contributed by atoms with Gasteiger partial charge in [0.25, 0.3) is 5.91 Å². The average molecular weight is 373 g/mol. The normalized spacial score (nSPS) is 10.4. The predicted molar refractivity (Wildman–Crippen MR) is 80.0 cm³/mol. The van der Waals surface area contributed by atoms with Gasteiger partial charge in [-0.2, -0.15) is 13.2 Å². The summed E-state index contributed by atoms with van der Waals surface area (Å²) in [7, 11) is 0. The van der Waals surface area contributed by atoms with E-state index >= 15 is 0 Å². The van der Waals surface area contributed by atoms with Gasteiger partial charge in [-0.05, 0) is 12.1 Å². The summed E-state index contributed by atoms with van der Waals surface area (Å²) in [5, 5.41) is 9.75. The molecule has 23 heavy (non-hydrogen) atoms. The van der Waals surface area contributed by atoms with Crippen LogP contribution >= 0.6 is 24.8 Å². The second kappa shape index (κ2) is 8.65. The lowest BCUT2D eigenvalue weighted by Gasteiger charge is -2.06. The van der Waals surface area contributed by atoms with Crippen LogP contribution in [0.3, 0.4) is 0 Å². The van der Waals surface area contributed by atoms with Gasteiger partial charge >= 0.3 is 6.18 Å². The maximum Gasteiger partial charge on any atom is 0.417 e. The van der Waals surface area contributed by atoms with E-state index in [1.807, 2.05) is 0 Å². The fourth-order valence-corrected chi connectivity index (χ4v) is 1.45. The first-order chi connectivity index (χ1) is 9.91. The number of pyridine rings is 1. The Morgan fingerprint density at radius 3 is 2.52 bits per heavy atom. The van der Waals surface area contributed by atoms with Crippen LogP contribution in [0.5, 0.6) is 0 Å². The van der Waals surface area contributed by atoms with Crippen molar-refractivity contribution in [2.45, 2.75) is 6.18 Å². The monoisotopic (exact) mass is 372 g/mol. The summed E-state index contributed by atoms with van der Waals surface area (Å²) >= 11 is 0. The number of carbonyl (C=O) groups is 1. The maximum atomic E-state index is 12.4. The number of aromatic nitrogens is 4. The summed E-state index contributed by atoms with van der Waals surface area (Å²) in [5.41, 5.74) is 4.39. The molecule has 0 fully saturated rings. The highest BCUT2D eigenvalue weighted by Crippen LogP contribution is 2.28. The molecule has 12 heteroatoms. The Hall–Kier alpha value is -1.91. The van der Waals surface area contributed by atoms with Crippen LogP contribution in [0.15, 0.2) is 24.5 Å². The molecule has 0 unspecified atom stereocenters. The molecule has 3 N–H and O–H groups in total. The molecule has 0 aliphatic heterocycles. The molecule has 2 heterocycles. The molecule has 2 aromatic heterocycles. The van der Waals surface area contributed by atoms with Crippen molar-refractivity contribution < 1.29 is 18.0 Å². The fourth-order valence-electron chi connectivity index (χ4n) is 1.45. The number of hydrogen-bond donors (Lipinski definition) is 2. The van der Waals surface area contributed by atoms with Crippen molar-refractivity contribution in [1.82, 2.24) is 25.3 Å². The molecule has 0 radical (unpaired) electrons. The molecule has 1 amide bonds. The van der Waals surface area contributed by atoms with E-state index < -0.39 is 17.6 Å². The summed E-state index contributed by atoms with van der Waals surface area (Å²) in [5.74, 6) is -0.355. The van der Waals surface area contributed by atoms with Gasteiger partial charge in [0, 0.05) is 19.3 Å². The summed E-state index contributed by atoms with van der Waals surface area (Å²) in [4.78, 5) is 15.2. The number of nitrogens with one attached hydrogen (secondary N) is 1. The molecular weight excluding hydrogens is 360 g/mol. The second-order valence-electron chi connectivity index (χ2n) is 4.00. The van der Waals surface area contributed by atoms with Gasteiger partial charge < -0.3 is 11.1 Å². The standard InChI is InChI=1S/C11H11F3N6O.2ClH/c12-11(13,14)7-1-2-9(17-5-7)20-6-8(18-19-20)10(21)16-4-3-15;;/h1-2,5-6H,3-4,15H2,(H,16,21);2*1H. The van der Waals surface area contributed by atoms with Gasteiger partial charge in [-0.25, -0.2) is 9.67 Å². The summed E-state index contributed by atoms with van der Waals surface area (Å²) < 4.78 is 38.3. The second-order valence-corrected chi connectivity index (χ2v) is 4.00. The molecule has 0 bridgehead atoms. The lowest BCUT2D eigenvalue weighted by Crippen LogP contribution is -2.29. The van der Waals surface area contributed by atoms with E-state index in [9.17, 15) is 18.0 Å². The van der Waals surface area contributed by atoms with Crippen molar-refractivity contribution in [1.29, 1.82) is 0 Å². The quantitative estimate of drug-likeness (QED) is 0.840. The Morgan fingerprint density at radius 1 is 1.30 bits per heavy atom. The molecule has 0 spiro atoms. The van der Waals surface area contributed by atoms with Gasteiger partial charge in [0.05, 0.1) is 11.8 Å². The van der Waals surface area contributed by atoms with Crippen molar-refractivity contribution in [2.24, 2.45) is 5.73 Å². The Bertz CT molecular complexity index is 631. The molecule has 2 aromatic rings. The summed E-state index contributed by atoms with van der Waals surface area (Å²) in [6.07, 6.45) is -2.51. The van der Waals surface area contributed by atoms with Crippen LogP contribution in [0.2, 0.25) is 0 Å². The molecule has 0 atom stereocenters. The Labute approximate surface area is 141 Å². The van der Waals surface area contributed by atoms with Gasteiger partial charge in [-0.1, -0.05) is 5.21 Å². The maximum absolute atomic E-state index is 12.4. The molecular formula is C11H13Cl2F3N6O. The van der Waals surface area contributed by atoms with E-state index in [1.54, 1.807) is 0 Å². The first kappa shape index (κ1) is 21.1. The number of hydrogen-bond acceptors (Lipinski definition) is 5.